The molecule has 0 heterocycles. The van der Waals surface area contributed by atoms with E-state index in [9.17, 15) is 18.0 Å². The Morgan fingerprint density at radius 1 is 0.974 bits per heavy atom. The van der Waals surface area contributed by atoms with E-state index in [-0.39, 0.29) is 23.0 Å². The minimum absolute atomic E-state index is 0.0365. The molecule has 1 unspecified atom stereocenters. The van der Waals surface area contributed by atoms with Gasteiger partial charge >= 0.3 is 0 Å². The van der Waals surface area contributed by atoms with E-state index >= 15 is 0 Å². The number of amides is 2. The Morgan fingerprint density at radius 2 is 1.66 bits per heavy atom. The molecule has 202 valence electrons. The van der Waals surface area contributed by atoms with Crippen molar-refractivity contribution in [2.45, 2.75) is 38.3 Å². The lowest BCUT2D eigenvalue weighted by Crippen LogP contribution is -2.51. The summed E-state index contributed by atoms with van der Waals surface area (Å²) in [5.74, 6) is -0.532. The maximum absolute atomic E-state index is 13.9. The van der Waals surface area contributed by atoms with Crippen LogP contribution in [0, 0.1) is 0 Å². The van der Waals surface area contributed by atoms with E-state index in [0.717, 1.165) is 14.3 Å². The van der Waals surface area contributed by atoms with Gasteiger partial charge in [-0.25, -0.2) is 8.42 Å². The minimum Gasteiger partial charge on any atom is -0.492 e. The molecule has 10 heteroatoms. The lowest BCUT2D eigenvalue weighted by atomic mass is 10.1. The Labute approximate surface area is 232 Å². The monoisotopic (exact) mass is 601 g/mol. The van der Waals surface area contributed by atoms with Crippen molar-refractivity contribution < 1.29 is 22.7 Å². The first-order valence-corrected chi connectivity index (χ1v) is 14.5. The van der Waals surface area contributed by atoms with E-state index in [1.165, 1.54) is 17.0 Å². The highest BCUT2D eigenvalue weighted by molar-refractivity contribution is 9.10. The normalized spacial score (nSPS) is 11.9. The second-order valence-electron chi connectivity index (χ2n) is 8.45. The highest BCUT2D eigenvalue weighted by Crippen LogP contribution is 2.33. The SMILES string of the molecule is CCNC(=O)C(C)N(Cc1cccc(Br)c1)C(=O)CN(c1ccccc1OCC)S(=O)(=O)c1ccccc1. The van der Waals surface area contributed by atoms with Gasteiger partial charge in [0.25, 0.3) is 10.0 Å². The highest BCUT2D eigenvalue weighted by Gasteiger charge is 2.33. The number of para-hydroxylation sites is 2. The summed E-state index contributed by atoms with van der Waals surface area (Å²) >= 11 is 3.44. The average Bonchev–Trinajstić information content (AvgIpc) is 2.91. The molecule has 8 nitrogen and oxygen atoms in total. The molecule has 0 saturated heterocycles. The number of carbonyl (C=O) groups is 2. The summed E-state index contributed by atoms with van der Waals surface area (Å²) in [6.07, 6.45) is 0. The molecule has 0 saturated carbocycles. The Hall–Kier alpha value is -3.37. The summed E-state index contributed by atoms with van der Waals surface area (Å²) in [6.45, 7) is 5.52. The van der Waals surface area contributed by atoms with E-state index in [2.05, 4.69) is 21.2 Å². The summed E-state index contributed by atoms with van der Waals surface area (Å²) in [4.78, 5) is 28.1. The largest absolute Gasteiger partial charge is 0.492 e. The van der Waals surface area contributed by atoms with Crippen LogP contribution in [-0.4, -0.2) is 50.9 Å². The molecule has 0 aliphatic heterocycles. The maximum atomic E-state index is 13.9. The molecule has 0 aliphatic carbocycles. The van der Waals surface area contributed by atoms with Gasteiger partial charge in [0.2, 0.25) is 11.8 Å². The van der Waals surface area contributed by atoms with Gasteiger partial charge in [-0.3, -0.25) is 13.9 Å². The Bertz CT molecular complexity index is 1350. The van der Waals surface area contributed by atoms with Crippen molar-refractivity contribution in [2.75, 3.05) is 24.0 Å². The zero-order valence-electron chi connectivity index (χ0n) is 21.6. The summed E-state index contributed by atoms with van der Waals surface area (Å²) in [5.41, 5.74) is 1.02. The lowest BCUT2D eigenvalue weighted by molar-refractivity contribution is -0.139. The summed E-state index contributed by atoms with van der Waals surface area (Å²) in [7, 11) is -4.16. The summed E-state index contributed by atoms with van der Waals surface area (Å²) in [5, 5.41) is 2.75. The van der Waals surface area contributed by atoms with Gasteiger partial charge < -0.3 is 15.0 Å². The van der Waals surface area contributed by atoms with Gasteiger partial charge in [-0.15, -0.1) is 0 Å². The molecule has 0 spiro atoms. The number of anilines is 1. The molecule has 0 fully saturated rings. The zero-order valence-corrected chi connectivity index (χ0v) is 24.0. The van der Waals surface area contributed by atoms with Crippen molar-refractivity contribution in [3.8, 4) is 5.75 Å². The van der Waals surface area contributed by atoms with E-state index in [4.69, 9.17) is 4.74 Å². The lowest BCUT2D eigenvalue weighted by Gasteiger charge is -2.32. The van der Waals surface area contributed by atoms with Gasteiger partial charge in [0.15, 0.2) is 0 Å². The van der Waals surface area contributed by atoms with Crippen LogP contribution >= 0.6 is 15.9 Å². The quantitative estimate of drug-likeness (QED) is 0.327. The fourth-order valence-corrected chi connectivity index (χ4v) is 5.80. The number of benzene rings is 3. The van der Waals surface area contributed by atoms with Gasteiger partial charge in [-0.2, -0.15) is 0 Å². The highest BCUT2D eigenvalue weighted by atomic mass is 79.9. The number of likely N-dealkylation sites (N-methyl/N-ethyl adjacent to an activating group) is 1. The molecule has 38 heavy (non-hydrogen) atoms. The van der Waals surface area contributed by atoms with E-state index < -0.39 is 28.5 Å². The number of hydrogen-bond acceptors (Lipinski definition) is 5. The van der Waals surface area contributed by atoms with Gasteiger partial charge in [-0.1, -0.05) is 58.4 Å². The van der Waals surface area contributed by atoms with Crippen molar-refractivity contribution in [1.82, 2.24) is 10.2 Å². The maximum Gasteiger partial charge on any atom is 0.264 e. The van der Waals surface area contributed by atoms with Crippen molar-refractivity contribution in [2.24, 2.45) is 0 Å². The molecule has 3 aromatic rings. The number of halogens is 1. The third kappa shape index (κ3) is 7.14. The van der Waals surface area contributed by atoms with E-state index in [1.54, 1.807) is 63.2 Å². The molecule has 3 aromatic carbocycles. The van der Waals surface area contributed by atoms with Crippen molar-refractivity contribution in [1.29, 1.82) is 0 Å². The van der Waals surface area contributed by atoms with Crippen LogP contribution < -0.4 is 14.4 Å². The van der Waals surface area contributed by atoms with Gasteiger partial charge in [0, 0.05) is 17.6 Å². The van der Waals surface area contributed by atoms with Crippen LogP contribution in [-0.2, 0) is 26.2 Å². The molecule has 0 aliphatic rings. The molecule has 0 aromatic heterocycles. The van der Waals surface area contributed by atoms with Crippen molar-refractivity contribution in [3.05, 3.63) is 88.9 Å². The minimum atomic E-state index is -4.16. The van der Waals surface area contributed by atoms with Crippen LogP contribution in [0.15, 0.2) is 88.2 Å². The van der Waals surface area contributed by atoms with E-state index in [1.807, 2.05) is 24.3 Å². The summed E-state index contributed by atoms with van der Waals surface area (Å²) < 4.78 is 35.3. The predicted octanol–water partition coefficient (Wildman–Crippen LogP) is 4.60. The fourth-order valence-electron chi connectivity index (χ4n) is 3.91. The molecule has 1 N–H and O–H groups in total. The topological polar surface area (TPSA) is 96.0 Å². The van der Waals surface area contributed by atoms with Crippen LogP contribution in [0.5, 0.6) is 5.75 Å². The van der Waals surface area contributed by atoms with Crippen LogP contribution in [0.3, 0.4) is 0 Å². The number of hydrogen-bond donors (Lipinski definition) is 1. The number of rotatable bonds is 12. The smallest absolute Gasteiger partial charge is 0.264 e. The van der Waals surface area contributed by atoms with E-state index in [0.29, 0.717) is 18.9 Å². The molecule has 2 amide bonds. The van der Waals surface area contributed by atoms with Crippen LogP contribution in [0.25, 0.3) is 0 Å². The molecule has 1 atom stereocenters. The number of sulfonamides is 1. The Morgan fingerprint density at radius 3 is 2.32 bits per heavy atom. The molecular weight excluding hydrogens is 570 g/mol. The Balaban J connectivity index is 2.07. The molecule has 0 bridgehead atoms. The Kier molecular flexibility index (Phi) is 10.3. The molecular formula is C28H32BrN3O5S. The second-order valence-corrected chi connectivity index (χ2v) is 11.2. The predicted molar refractivity (Wildman–Crippen MR) is 151 cm³/mol. The number of nitrogens with one attached hydrogen (secondary N) is 1. The fraction of sp³-hybridized carbons (Fsp3) is 0.286. The average molecular weight is 603 g/mol. The first-order valence-electron chi connectivity index (χ1n) is 12.3. The van der Waals surface area contributed by atoms with Gasteiger partial charge in [0.05, 0.1) is 17.2 Å². The third-order valence-electron chi connectivity index (χ3n) is 5.80. The number of ether oxygens (including phenoxy) is 1. The van der Waals surface area contributed by atoms with Crippen LogP contribution in [0.4, 0.5) is 5.69 Å². The molecule has 0 radical (unpaired) electrons. The first-order chi connectivity index (χ1) is 18.2. The zero-order chi connectivity index (χ0) is 27.7. The first kappa shape index (κ1) is 29.2. The molecule has 3 rings (SSSR count). The number of nitrogens with zero attached hydrogens (tertiary/aromatic N) is 2. The van der Waals surface area contributed by atoms with Crippen molar-refractivity contribution in [3.63, 3.8) is 0 Å². The van der Waals surface area contributed by atoms with Gasteiger partial charge in [-0.05, 0) is 62.7 Å². The number of carbonyl (C=O) groups excluding carboxylic acids is 2. The van der Waals surface area contributed by atoms with Crippen molar-refractivity contribution >= 4 is 43.5 Å². The standard InChI is InChI=1S/C28H32BrN3O5S/c1-4-30-28(34)21(3)31(19-22-12-11-13-23(29)18-22)27(33)20-32(25-16-9-10-17-26(25)37-5-2)38(35,36)24-14-7-6-8-15-24/h6-18,21H,4-5,19-20H2,1-3H3,(H,30,34). The van der Waals surface area contributed by atoms with Crippen LogP contribution in [0.2, 0.25) is 0 Å². The van der Waals surface area contributed by atoms with Crippen LogP contribution in [0.1, 0.15) is 26.3 Å². The summed E-state index contributed by atoms with van der Waals surface area (Å²) in [6, 6.07) is 21.2. The third-order valence-corrected chi connectivity index (χ3v) is 8.07. The van der Waals surface area contributed by atoms with Gasteiger partial charge in [0.1, 0.15) is 18.3 Å². The second kappa shape index (κ2) is 13.4.